The van der Waals surface area contributed by atoms with Gasteiger partial charge in [0.25, 0.3) is 5.91 Å². The minimum absolute atomic E-state index is 0.200. The van der Waals surface area contributed by atoms with Crippen LogP contribution in [0.25, 0.3) is 0 Å². The Bertz CT molecular complexity index is 539. The lowest BCUT2D eigenvalue weighted by Crippen LogP contribution is -2.23. The largest absolute Gasteiger partial charge is 0.348 e. The summed E-state index contributed by atoms with van der Waals surface area (Å²) in [5.74, 6) is -0.200. The Hall–Kier alpha value is -1.39. The molecule has 2 aromatic heterocycles. The average molecular weight is 267 g/mol. The van der Waals surface area contributed by atoms with Gasteiger partial charge in [-0.3, -0.25) is 9.78 Å². The zero-order valence-corrected chi connectivity index (χ0v) is 10.8. The van der Waals surface area contributed by atoms with E-state index in [1.807, 2.05) is 12.3 Å². The van der Waals surface area contributed by atoms with Crippen LogP contribution in [-0.4, -0.2) is 10.9 Å². The Morgan fingerprint density at radius 1 is 1.53 bits per heavy atom. The van der Waals surface area contributed by atoms with Crippen LogP contribution in [0.5, 0.6) is 0 Å². The molecule has 5 heteroatoms. The molecule has 0 radical (unpaired) electrons. The van der Waals surface area contributed by atoms with Gasteiger partial charge in [0.05, 0.1) is 10.6 Å². The van der Waals surface area contributed by atoms with Crippen molar-refractivity contribution in [3.05, 3.63) is 50.9 Å². The van der Waals surface area contributed by atoms with Crippen molar-refractivity contribution in [3.8, 4) is 0 Å². The number of pyridine rings is 1. The van der Waals surface area contributed by atoms with E-state index in [-0.39, 0.29) is 5.91 Å². The number of rotatable bonds is 3. The van der Waals surface area contributed by atoms with Gasteiger partial charge in [0.1, 0.15) is 0 Å². The van der Waals surface area contributed by atoms with Crippen LogP contribution in [0, 0.1) is 6.92 Å². The SMILES string of the molecule is Cc1cscc1CNC(=O)c1cnccc1Cl. The number of thiophene rings is 1. The molecule has 0 aliphatic carbocycles. The van der Waals surface area contributed by atoms with Crippen molar-refractivity contribution >= 4 is 28.8 Å². The molecular weight excluding hydrogens is 256 g/mol. The maximum absolute atomic E-state index is 11.8. The predicted molar refractivity (Wildman–Crippen MR) is 69.5 cm³/mol. The molecule has 88 valence electrons. The summed E-state index contributed by atoms with van der Waals surface area (Å²) in [6, 6.07) is 1.60. The van der Waals surface area contributed by atoms with Gasteiger partial charge in [0.15, 0.2) is 0 Å². The second-order valence-corrected chi connectivity index (χ2v) is 4.77. The number of nitrogens with one attached hydrogen (secondary N) is 1. The van der Waals surface area contributed by atoms with Gasteiger partial charge < -0.3 is 5.32 Å². The Morgan fingerprint density at radius 2 is 2.35 bits per heavy atom. The normalized spacial score (nSPS) is 10.2. The minimum atomic E-state index is -0.200. The molecule has 2 aromatic rings. The fourth-order valence-electron chi connectivity index (χ4n) is 1.38. The second-order valence-electron chi connectivity index (χ2n) is 3.62. The Labute approximate surface area is 108 Å². The molecule has 0 aliphatic rings. The van der Waals surface area contributed by atoms with Crippen molar-refractivity contribution in [2.75, 3.05) is 0 Å². The van der Waals surface area contributed by atoms with Crippen molar-refractivity contribution in [1.29, 1.82) is 0 Å². The molecule has 0 saturated carbocycles. The molecule has 2 heterocycles. The molecule has 0 bridgehead atoms. The van der Waals surface area contributed by atoms with Gasteiger partial charge in [-0.15, -0.1) is 0 Å². The molecule has 0 atom stereocenters. The highest BCUT2D eigenvalue weighted by atomic mass is 35.5. The number of aromatic nitrogens is 1. The lowest BCUT2D eigenvalue weighted by molar-refractivity contribution is 0.0950. The Morgan fingerprint density at radius 3 is 3.00 bits per heavy atom. The molecule has 3 nitrogen and oxygen atoms in total. The first-order valence-electron chi connectivity index (χ1n) is 5.08. The summed E-state index contributed by atoms with van der Waals surface area (Å²) < 4.78 is 0. The van der Waals surface area contributed by atoms with Crippen molar-refractivity contribution in [2.45, 2.75) is 13.5 Å². The monoisotopic (exact) mass is 266 g/mol. The maximum Gasteiger partial charge on any atom is 0.254 e. The lowest BCUT2D eigenvalue weighted by Gasteiger charge is -2.05. The van der Waals surface area contributed by atoms with Crippen molar-refractivity contribution in [2.24, 2.45) is 0 Å². The summed E-state index contributed by atoms with van der Waals surface area (Å²) in [4.78, 5) is 15.7. The molecule has 0 fully saturated rings. The zero-order valence-electron chi connectivity index (χ0n) is 9.24. The molecule has 0 aromatic carbocycles. The standard InChI is InChI=1S/C12H11ClN2OS/c1-8-6-17-7-9(8)4-15-12(16)10-5-14-3-2-11(10)13/h2-3,5-7H,4H2,1H3,(H,15,16). The number of hydrogen-bond donors (Lipinski definition) is 1. The van der Waals surface area contributed by atoms with Crippen LogP contribution >= 0.6 is 22.9 Å². The fraction of sp³-hybridized carbons (Fsp3) is 0.167. The van der Waals surface area contributed by atoms with Crippen LogP contribution in [0.15, 0.2) is 29.2 Å². The predicted octanol–water partition coefficient (Wildman–Crippen LogP) is 3.03. The van der Waals surface area contributed by atoms with Crippen LogP contribution in [0.3, 0.4) is 0 Å². The summed E-state index contributed by atoms with van der Waals surface area (Å²) in [6.07, 6.45) is 3.03. The van der Waals surface area contributed by atoms with Gasteiger partial charge in [0, 0.05) is 18.9 Å². The summed E-state index contributed by atoms with van der Waals surface area (Å²) in [5.41, 5.74) is 2.72. The number of carbonyl (C=O) groups is 1. The summed E-state index contributed by atoms with van der Waals surface area (Å²) in [7, 11) is 0. The van der Waals surface area contributed by atoms with E-state index in [1.165, 1.54) is 11.8 Å². The molecule has 17 heavy (non-hydrogen) atoms. The second kappa shape index (κ2) is 5.29. The van der Waals surface area contributed by atoms with Gasteiger partial charge in [-0.1, -0.05) is 11.6 Å². The molecule has 1 amide bonds. The number of amides is 1. The number of hydrogen-bond acceptors (Lipinski definition) is 3. The van der Waals surface area contributed by atoms with E-state index in [0.717, 1.165) is 5.56 Å². The third-order valence-corrected chi connectivity index (χ3v) is 3.65. The van der Waals surface area contributed by atoms with Crippen LogP contribution in [0.1, 0.15) is 21.5 Å². The van der Waals surface area contributed by atoms with E-state index in [4.69, 9.17) is 11.6 Å². The van der Waals surface area contributed by atoms with Crippen LogP contribution in [-0.2, 0) is 6.54 Å². The quantitative estimate of drug-likeness (QED) is 0.928. The van der Waals surface area contributed by atoms with E-state index in [2.05, 4.69) is 15.7 Å². The highest BCUT2D eigenvalue weighted by Crippen LogP contribution is 2.15. The third-order valence-electron chi connectivity index (χ3n) is 2.41. The lowest BCUT2D eigenvalue weighted by atomic mass is 10.2. The van der Waals surface area contributed by atoms with Gasteiger partial charge in [-0.2, -0.15) is 11.3 Å². The molecule has 0 saturated heterocycles. The molecule has 0 aliphatic heterocycles. The van der Waals surface area contributed by atoms with E-state index >= 15 is 0 Å². The van der Waals surface area contributed by atoms with Crippen LogP contribution in [0.4, 0.5) is 0 Å². The topological polar surface area (TPSA) is 42.0 Å². The summed E-state index contributed by atoms with van der Waals surface area (Å²) in [6.45, 7) is 2.54. The van der Waals surface area contributed by atoms with E-state index in [1.54, 1.807) is 23.6 Å². The van der Waals surface area contributed by atoms with Crippen molar-refractivity contribution in [1.82, 2.24) is 10.3 Å². The Balaban J connectivity index is 2.04. The van der Waals surface area contributed by atoms with E-state index < -0.39 is 0 Å². The fourth-order valence-corrected chi connectivity index (χ4v) is 2.43. The summed E-state index contributed by atoms with van der Waals surface area (Å²) >= 11 is 7.54. The van der Waals surface area contributed by atoms with Gasteiger partial charge >= 0.3 is 0 Å². The van der Waals surface area contributed by atoms with Crippen molar-refractivity contribution in [3.63, 3.8) is 0 Å². The number of carbonyl (C=O) groups excluding carboxylic acids is 1. The average Bonchev–Trinajstić information content (AvgIpc) is 2.72. The van der Waals surface area contributed by atoms with Gasteiger partial charge in [-0.05, 0) is 34.9 Å². The molecule has 0 spiro atoms. The number of halogens is 1. The smallest absolute Gasteiger partial charge is 0.254 e. The summed E-state index contributed by atoms with van der Waals surface area (Å²) in [5, 5.41) is 7.32. The Kier molecular flexibility index (Phi) is 3.76. The third kappa shape index (κ3) is 2.84. The first kappa shape index (κ1) is 12.1. The molecule has 2 rings (SSSR count). The maximum atomic E-state index is 11.8. The van der Waals surface area contributed by atoms with Crippen molar-refractivity contribution < 1.29 is 4.79 Å². The molecule has 1 N–H and O–H groups in total. The number of nitrogens with zero attached hydrogens (tertiary/aromatic N) is 1. The van der Waals surface area contributed by atoms with Crippen LogP contribution < -0.4 is 5.32 Å². The van der Waals surface area contributed by atoms with Gasteiger partial charge in [0.2, 0.25) is 0 Å². The molecule has 0 unspecified atom stereocenters. The highest BCUT2D eigenvalue weighted by molar-refractivity contribution is 7.08. The van der Waals surface area contributed by atoms with E-state index in [0.29, 0.717) is 17.1 Å². The highest BCUT2D eigenvalue weighted by Gasteiger charge is 2.10. The molecular formula is C12H11ClN2OS. The first-order valence-corrected chi connectivity index (χ1v) is 6.40. The number of aryl methyl sites for hydroxylation is 1. The minimum Gasteiger partial charge on any atom is -0.348 e. The van der Waals surface area contributed by atoms with Gasteiger partial charge in [-0.25, -0.2) is 0 Å². The zero-order chi connectivity index (χ0) is 12.3. The van der Waals surface area contributed by atoms with Crippen LogP contribution in [0.2, 0.25) is 5.02 Å². The first-order chi connectivity index (χ1) is 8.18. The van der Waals surface area contributed by atoms with E-state index in [9.17, 15) is 4.79 Å².